The van der Waals surface area contributed by atoms with Crippen molar-refractivity contribution in [1.82, 2.24) is 14.3 Å². The number of carbonyl (C=O) groups is 1. The fourth-order valence-electron chi connectivity index (χ4n) is 2.88. The zero-order valence-corrected chi connectivity index (χ0v) is 12.5. The van der Waals surface area contributed by atoms with Crippen molar-refractivity contribution in [3.63, 3.8) is 0 Å². The Morgan fingerprint density at radius 1 is 1.24 bits per heavy atom. The number of nitrogens with zero attached hydrogens (tertiary/aromatic N) is 3. The van der Waals surface area contributed by atoms with Gasteiger partial charge in [-0.15, -0.1) is 0 Å². The summed E-state index contributed by atoms with van der Waals surface area (Å²) in [4.78, 5) is 11.5. The number of fused-ring (bicyclic) bond motifs is 1. The van der Waals surface area contributed by atoms with Crippen LogP contribution in [0, 0.1) is 13.8 Å². The van der Waals surface area contributed by atoms with Crippen LogP contribution in [-0.4, -0.2) is 25.4 Å². The van der Waals surface area contributed by atoms with Crippen molar-refractivity contribution >= 4 is 16.9 Å². The monoisotopic (exact) mass is 283 g/mol. The molecule has 0 amide bonds. The molecule has 0 unspecified atom stereocenters. The lowest BCUT2D eigenvalue weighted by atomic mass is 10.0. The van der Waals surface area contributed by atoms with Crippen molar-refractivity contribution in [2.75, 3.05) is 0 Å². The van der Waals surface area contributed by atoms with Crippen LogP contribution in [0.25, 0.3) is 22.2 Å². The van der Waals surface area contributed by atoms with Gasteiger partial charge in [0.2, 0.25) is 0 Å². The number of aryl methyl sites for hydroxylation is 3. The smallest absolute Gasteiger partial charge is 0.339 e. The van der Waals surface area contributed by atoms with Gasteiger partial charge in [0.15, 0.2) is 0 Å². The van der Waals surface area contributed by atoms with Gasteiger partial charge in [-0.2, -0.15) is 5.10 Å². The van der Waals surface area contributed by atoms with E-state index in [1.165, 1.54) is 6.20 Å². The first kappa shape index (κ1) is 13.4. The molecule has 1 N–H and O–H groups in total. The van der Waals surface area contributed by atoms with E-state index in [2.05, 4.69) is 27.9 Å². The molecule has 3 aromatic rings. The molecule has 0 aliphatic rings. The van der Waals surface area contributed by atoms with Crippen LogP contribution in [0.5, 0.6) is 0 Å². The van der Waals surface area contributed by atoms with E-state index in [1.807, 2.05) is 20.9 Å². The maximum atomic E-state index is 11.5. The maximum Gasteiger partial charge on any atom is 0.339 e. The number of benzene rings is 1. The lowest BCUT2D eigenvalue weighted by molar-refractivity contribution is 0.0697. The van der Waals surface area contributed by atoms with Crippen LogP contribution >= 0.6 is 0 Å². The Morgan fingerprint density at radius 2 is 1.95 bits per heavy atom. The summed E-state index contributed by atoms with van der Waals surface area (Å²) < 4.78 is 3.72. The number of hydrogen-bond donors (Lipinski definition) is 1. The molecular weight excluding hydrogens is 266 g/mol. The van der Waals surface area contributed by atoms with Gasteiger partial charge in [0, 0.05) is 36.3 Å². The lowest BCUT2D eigenvalue weighted by Gasteiger charge is -2.05. The van der Waals surface area contributed by atoms with Crippen LogP contribution in [0.2, 0.25) is 0 Å². The molecule has 5 nitrogen and oxygen atoms in total. The normalized spacial score (nSPS) is 11.2. The quantitative estimate of drug-likeness (QED) is 0.786. The highest BCUT2D eigenvalue weighted by Crippen LogP contribution is 2.36. The van der Waals surface area contributed by atoms with Crippen molar-refractivity contribution in [1.29, 1.82) is 0 Å². The first-order valence-corrected chi connectivity index (χ1v) is 6.73. The molecule has 2 heterocycles. The van der Waals surface area contributed by atoms with Crippen LogP contribution in [-0.2, 0) is 14.1 Å². The van der Waals surface area contributed by atoms with Crippen LogP contribution in [0.4, 0.5) is 0 Å². The van der Waals surface area contributed by atoms with Crippen molar-refractivity contribution in [2.45, 2.75) is 13.8 Å². The van der Waals surface area contributed by atoms with Crippen LogP contribution < -0.4 is 0 Å². The molecule has 3 rings (SSSR count). The molecular formula is C16H17N3O2. The molecule has 0 saturated carbocycles. The van der Waals surface area contributed by atoms with Gasteiger partial charge in [-0.3, -0.25) is 4.68 Å². The van der Waals surface area contributed by atoms with E-state index >= 15 is 0 Å². The molecule has 5 heteroatoms. The summed E-state index contributed by atoms with van der Waals surface area (Å²) in [6.07, 6.45) is 1.41. The fraction of sp³-hybridized carbons (Fsp3) is 0.250. The number of carboxylic acids is 1. The summed E-state index contributed by atoms with van der Waals surface area (Å²) in [5.41, 5.74) is 5.08. The second kappa shape index (κ2) is 4.48. The summed E-state index contributed by atoms with van der Waals surface area (Å²) in [5.74, 6) is -0.956. The van der Waals surface area contributed by atoms with E-state index < -0.39 is 5.97 Å². The van der Waals surface area contributed by atoms with E-state index in [1.54, 1.807) is 11.7 Å². The van der Waals surface area contributed by atoms with Gasteiger partial charge in [-0.1, -0.05) is 11.6 Å². The van der Waals surface area contributed by atoms with E-state index in [-0.39, 0.29) is 5.56 Å². The average Bonchev–Trinajstić information content (AvgIpc) is 2.90. The van der Waals surface area contributed by atoms with E-state index in [0.29, 0.717) is 5.69 Å². The largest absolute Gasteiger partial charge is 0.478 e. The molecule has 0 saturated heterocycles. The van der Waals surface area contributed by atoms with Gasteiger partial charge in [0.1, 0.15) is 5.56 Å². The van der Waals surface area contributed by atoms with Gasteiger partial charge in [0.25, 0.3) is 0 Å². The zero-order valence-electron chi connectivity index (χ0n) is 12.5. The van der Waals surface area contributed by atoms with Crippen LogP contribution in [0.15, 0.2) is 24.4 Å². The topological polar surface area (TPSA) is 60.0 Å². The average molecular weight is 283 g/mol. The zero-order chi connectivity index (χ0) is 15.3. The Morgan fingerprint density at radius 3 is 2.62 bits per heavy atom. The minimum atomic E-state index is -0.956. The van der Waals surface area contributed by atoms with Gasteiger partial charge in [0.05, 0.1) is 11.9 Å². The van der Waals surface area contributed by atoms with Crippen LogP contribution in [0.1, 0.15) is 21.6 Å². The van der Waals surface area contributed by atoms with Crippen molar-refractivity contribution in [3.05, 3.63) is 41.2 Å². The Bertz CT molecular complexity index is 871. The molecule has 0 radical (unpaired) electrons. The fourth-order valence-corrected chi connectivity index (χ4v) is 2.88. The van der Waals surface area contributed by atoms with Crippen LogP contribution in [0.3, 0.4) is 0 Å². The molecule has 108 valence electrons. The highest BCUT2D eigenvalue weighted by Gasteiger charge is 2.23. The second-order valence-corrected chi connectivity index (χ2v) is 5.38. The Labute approximate surface area is 122 Å². The molecule has 2 aromatic heterocycles. The summed E-state index contributed by atoms with van der Waals surface area (Å²) in [6, 6.07) is 6.22. The third-order valence-electron chi connectivity index (χ3n) is 4.05. The third kappa shape index (κ3) is 1.85. The van der Waals surface area contributed by atoms with Crippen molar-refractivity contribution in [2.24, 2.45) is 14.1 Å². The second-order valence-electron chi connectivity index (χ2n) is 5.38. The molecule has 0 aliphatic heterocycles. The number of aromatic carboxylic acids is 1. The minimum Gasteiger partial charge on any atom is -0.478 e. The first-order valence-electron chi connectivity index (χ1n) is 6.73. The standard InChI is InChI=1S/C16H17N3O2/c1-9-5-6-13-11(7-9)14(10(2)18(13)3)15-12(16(20)21)8-17-19(15)4/h5-8H,1-4H3,(H,20,21). The SMILES string of the molecule is Cc1ccc2c(c1)c(-c1c(C(=O)O)cnn1C)c(C)n2C. The first-order chi connectivity index (χ1) is 9.91. The number of hydrogen-bond acceptors (Lipinski definition) is 2. The molecule has 0 atom stereocenters. The van der Waals surface area contributed by atoms with Gasteiger partial charge in [-0.05, 0) is 26.0 Å². The van der Waals surface area contributed by atoms with Gasteiger partial charge in [-0.25, -0.2) is 4.79 Å². The lowest BCUT2D eigenvalue weighted by Crippen LogP contribution is -2.02. The summed E-state index contributed by atoms with van der Waals surface area (Å²) in [6.45, 7) is 4.04. The van der Waals surface area contributed by atoms with Gasteiger partial charge < -0.3 is 9.67 Å². The summed E-state index contributed by atoms with van der Waals surface area (Å²) in [7, 11) is 3.77. The number of carboxylic acid groups (broad SMARTS) is 1. The highest BCUT2D eigenvalue weighted by atomic mass is 16.4. The summed E-state index contributed by atoms with van der Waals surface area (Å²) in [5, 5.41) is 14.6. The Hall–Kier alpha value is -2.56. The molecule has 0 bridgehead atoms. The Kier molecular flexibility index (Phi) is 2.86. The minimum absolute atomic E-state index is 0.231. The number of rotatable bonds is 2. The summed E-state index contributed by atoms with van der Waals surface area (Å²) >= 11 is 0. The molecule has 0 spiro atoms. The van der Waals surface area contributed by atoms with Gasteiger partial charge >= 0.3 is 5.97 Å². The molecule has 1 aromatic carbocycles. The maximum absolute atomic E-state index is 11.5. The van der Waals surface area contributed by atoms with Crippen molar-refractivity contribution in [3.8, 4) is 11.3 Å². The van der Waals surface area contributed by atoms with Crippen molar-refractivity contribution < 1.29 is 9.90 Å². The molecule has 21 heavy (non-hydrogen) atoms. The third-order valence-corrected chi connectivity index (χ3v) is 4.05. The highest BCUT2D eigenvalue weighted by molar-refractivity contribution is 6.03. The van der Waals surface area contributed by atoms with E-state index in [9.17, 15) is 9.90 Å². The van der Waals surface area contributed by atoms with E-state index in [4.69, 9.17) is 0 Å². The molecule has 0 fully saturated rings. The van der Waals surface area contributed by atoms with E-state index in [0.717, 1.165) is 27.7 Å². The predicted octanol–water partition coefficient (Wildman–Crippen LogP) is 2.89. The molecule has 0 aliphatic carbocycles. The Balaban J connectivity index is 2.46. The predicted molar refractivity (Wildman–Crippen MR) is 81.6 cm³/mol. The number of aromatic nitrogens is 3.